The molecule has 39 heavy (non-hydrogen) atoms. The van der Waals surface area contributed by atoms with Gasteiger partial charge in [0.1, 0.15) is 0 Å². The van der Waals surface area contributed by atoms with Crippen LogP contribution in [0.1, 0.15) is 0 Å². The van der Waals surface area contributed by atoms with Crippen LogP contribution in [0.15, 0.2) is 146 Å². The summed E-state index contributed by atoms with van der Waals surface area (Å²) in [5.74, 6) is 0. The predicted molar refractivity (Wildman–Crippen MR) is 171 cm³/mol. The molecule has 1 aromatic heterocycles. The van der Waals surface area contributed by atoms with E-state index < -0.39 is 0 Å². The number of benzene rings is 7. The van der Waals surface area contributed by atoms with Crippen LogP contribution in [0.4, 0.5) is 0 Å². The van der Waals surface area contributed by atoms with Crippen molar-refractivity contribution in [1.82, 2.24) is 0 Å². The Balaban J connectivity index is 1.38. The van der Waals surface area contributed by atoms with Crippen molar-refractivity contribution in [3.05, 3.63) is 146 Å². The Bertz CT molecular complexity index is 2070. The Labute approximate surface area is 231 Å². The summed E-state index contributed by atoms with van der Waals surface area (Å²) in [5.41, 5.74) is 6.40. The second-order valence-electron chi connectivity index (χ2n) is 10.1. The molecular formula is C38H24S. The van der Waals surface area contributed by atoms with E-state index >= 15 is 0 Å². The summed E-state index contributed by atoms with van der Waals surface area (Å²) in [6, 6.07) is 53.3. The van der Waals surface area contributed by atoms with Crippen molar-refractivity contribution in [3.8, 4) is 32.7 Å². The molecule has 8 aromatic rings. The Morgan fingerprint density at radius 2 is 0.872 bits per heavy atom. The molecule has 8 rings (SSSR count). The summed E-state index contributed by atoms with van der Waals surface area (Å²) in [6.07, 6.45) is 0. The van der Waals surface area contributed by atoms with Crippen molar-refractivity contribution in [2.24, 2.45) is 0 Å². The fourth-order valence-electron chi connectivity index (χ4n) is 6.10. The topological polar surface area (TPSA) is 0 Å². The van der Waals surface area contributed by atoms with E-state index in [0.29, 0.717) is 0 Å². The van der Waals surface area contributed by atoms with Crippen LogP contribution >= 0.6 is 11.3 Å². The summed E-state index contributed by atoms with van der Waals surface area (Å²) in [5, 5.41) is 9.01. The number of hydrogen-bond donors (Lipinski definition) is 0. The fraction of sp³-hybridized carbons (Fsp3) is 0. The zero-order valence-corrected chi connectivity index (χ0v) is 22.1. The fourth-order valence-corrected chi connectivity index (χ4v) is 7.17. The van der Waals surface area contributed by atoms with Gasteiger partial charge >= 0.3 is 0 Å². The van der Waals surface area contributed by atoms with Gasteiger partial charge in [-0.2, -0.15) is 0 Å². The van der Waals surface area contributed by atoms with E-state index in [9.17, 15) is 0 Å². The molecule has 0 unspecified atom stereocenters. The number of thiophene rings is 1. The summed E-state index contributed by atoms with van der Waals surface area (Å²) in [4.78, 5) is 1.31. The van der Waals surface area contributed by atoms with Crippen LogP contribution in [-0.2, 0) is 0 Å². The van der Waals surface area contributed by atoms with E-state index in [0.717, 1.165) is 0 Å². The van der Waals surface area contributed by atoms with Gasteiger partial charge in [0.2, 0.25) is 0 Å². The smallest absolute Gasteiger partial charge is 0.0355 e. The summed E-state index contributed by atoms with van der Waals surface area (Å²) >= 11 is 1.86. The van der Waals surface area contributed by atoms with E-state index in [2.05, 4.69) is 146 Å². The van der Waals surface area contributed by atoms with Crippen LogP contribution in [0, 0.1) is 0 Å². The van der Waals surface area contributed by atoms with Crippen LogP contribution in [0.25, 0.3) is 75.1 Å². The molecule has 0 radical (unpaired) electrons. The third-order valence-electron chi connectivity index (χ3n) is 7.87. The maximum atomic E-state index is 2.30. The average Bonchev–Trinajstić information content (AvgIpc) is 3.44. The SMILES string of the molecule is c1ccc2sc(-c3ccc(-c4c5ccccc5c(-c5cccc6ccccc56)c5ccccc45)cc3)cc2c1. The first-order valence-corrected chi connectivity index (χ1v) is 14.2. The van der Waals surface area contributed by atoms with E-state index in [-0.39, 0.29) is 0 Å². The lowest BCUT2D eigenvalue weighted by Crippen LogP contribution is -1.91. The van der Waals surface area contributed by atoms with Crippen molar-refractivity contribution in [2.75, 3.05) is 0 Å². The quantitative estimate of drug-likeness (QED) is 0.207. The monoisotopic (exact) mass is 512 g/mol. The second-order valence-corrected chi connectivity index (χ2v) is 11.2. The number of hydrogen-bond acceptors (Lipinski definition) is 1. The zero-order chi connectivity index (χ0) is 25.8. The van der Waals surface area contributed by atoms with E-state index in [4.69, 9.17) is 0 Å². The lowest BCUT2D eigenvalue weighted by atomic mass is 9.84. The summed E-state index contributed by atoms with van der Waals surface area (Å²) < 4.78 is 1.33. The van der Waals surface area contributed by atoms with Crippen molar-refractivity contribution < 1.29 is 0 Å². The van der Waals surface area contributed by atoms with Gasteiger partial charge in [-0.25, -0.2) is 0 Å². The highest BCUT2D eigenvalue weighted by Crippen LogP contribution is 2.45. The average molecular weight is 513 g/mol. The van der Waals surface area contributed by atoms with Gasteiger partial charge in [0.25, 0.3) is 0 Å². The molecule has 0 aliphatic carbocycles. The number of rotatable bonds is 3. The molecule has 0 saturated carbocycles. The standard InChI is InChI=1S/C38H24S/c1-3-13-29-25(10-1)12-9-18-30(29)38-33-16-6-4-14-31(33)37(32-15-5-7-17-34(32)38)27-22-20-26(21-23-27)36-24-28-11-2-8-19-35(28)39-36/h1-24H. The van der Waals surface area contributed by atoms with Crippen LogP contribution in [0.5, 0.6) is 0 Å². The zero-order valence-electron chi connectivity index (χ0n) is 21.3. The Kier molecular flexibility index (Phi) is 5.11. The molecule has 0 aliphatic rings. The molecule has 0 saturated heterocycles. The van der Waals surface area contributed by atoms with Gasteiger partial charge in [-0.05, 0) is 77.7 Å². The van der Waals surface area contributed by atoms with Crippen molar-refractivity contribution in [3.63, 3.8) is 0 Å². The third kappa shape index (κ3) is 3.59. The molecule has 7 aromatic carbocycles. The van der Waals surface area contributed by atoms with Crippen LogP contribution < -0.4 is 0 Å². The Morgan fingerprint density at radius 3 is 1.54 bits per heavy atom. The van der Waals surface area contributed by atoms with Gasteiger partial charge in [0.15, 0.2) is 0 Å². The van der Waals surface area contributed by atoms with Gasteiger partial charge in [-0.15, -0.1) is 11.3 Å². The molecule has 0 aliphatic heterocycles. The third-order valence-corrected chi connectivity index (χ3v) is 9.04. The molecule has 1 heterocycles. The highest BCUT2D eigenvalue weighted by molar-refractivity contribution is 7.22. The first-order valence-electron chi connectivity index (χ1n) is 13.4. The lowest BCUT2D eigenvalue weighted by Gasteiger charge is -2.19. The van der Waals surface area contributed by atoms with Crippen LogP contribution in [0.2, 0.25) is 0 Å². The van der Waals surface area contributed by atoms with Crippen molar-refractivity contribution in [1.29, 1.82) is 0 Å². The van der Waals surface area contributed by atoms with Gasteiger partial charge < -0.3 is 0 Å². The minimum absolute atomic E-state index is 1.25. The Morgan fingerprint density at radius 1 is 0.359 bits per heavy atom. The highest BCUT2D eigenvalue weighted by Gasteiger charge is 2.17. The first kappa shape index (κ1) is 22.3. The largest absolute Gasteiger partial charge is 0.135 e. The van der Waals surface area contributed by atoms with Gasteiger partial charge in [-0.3, -0.25) is 0 Å². The lowest BCUT2D eigenvalue weighted by molar-refractivity contribution is 1.66. The molecule has 182 valence electrons. The molecule has 0 atom stereocenters. The summed E-state index contributed by atoms with van der Waals surface area (Å²) in [7, 11) is 0. The minimum atomic E-state index is 1.25. The van der Waals surface area contributed by atoms with Gasteiger partial charge in [-0.1, -0.05) is 133 Å². The first-order chi connectivity index (χ1) is 19.3. The molecule has 0 amide bonds. The second kappa shape index (κ2) is 8.94. The van der Waals surface area contributed by atoms with Crippen molar-refractivity contribution >= 4 is 53.7 Å². The van der Waals surface area contributed by atoms with E-state index in [1.54, 1.807) is 0 Å². The van der Waals surface area contributed by atoms with E-state index in [1.165, 1.54) is 75.1 Å². The molecule has 0 N–H and O–H groups in total. The maximum absolute atomic E-state index is 2.30. The summed E-state index contributed by atoms with van der Waals surface area (Å²) in [6.45, 7) is 0. The normalized spacial score (nSPS) is 11.6. The molecule has 0 nitrogen and oxygen atoms in total. The van der Waals surface area contributed by atoms with Crippen molar-refractivity contribution in [2.45, 2.75) is 0 Å². The predicted octanol–water partition coefficient (Wildman–Crippen LogP) is 11.4. The van der Waals surface area contributed by atoms with Crippen LogP contribution in [0.3, 0.4) is 0 Å². The molecule has 0 spiro atoms. The van der Waals surface area contributed by atoms with Gasteiger partial charge in [0, 0.05) is 9.58 Å². The molecule has 1 heteroatoms. The Hall–Kier alpha value is -4.72. The molecular weight excluding hydrogens is 488 g/mol. The van der Waals surface area contributed by atoms with Gasteiger partial charge in [0.05, 0.1) is 0 Å². The highest BCUT2D eigenvalue weighted by atomic mass is 32.1. The molecule has 0 fully saturated rings. The maximum Gasteiger partial charge on any atom is 0.0355 e. The number of fused-ring (bicyclic) bond motifs is 4. The minimum Gasteiger partial charge on any atom is -0.135 e. The molecule has 0 bridgehead atoms. The van der Waals surface area contributed by atoms with E-state index in [1.807, 2.05) is 11.3 Å². The van der Waals surface area contributed by atoms with Crippen LogP contribution in [-0.4, -0.2) is 0 Å².